The second kappa shape index (κ2) is 32.5. The molecular formula is C42H73N5S. The first-order chi connectivity index (χ1) is 23.0. The minimum Gasteiger partial charge on any atom is -0.405 e. The Labute approximate surface area is 302 Å². The fraction of sp³-hybridized carbons (Fsp3) is 0.548. The highest BCUT2D eigenvalue weighted by atomic mass is 32.1. The van der Waals surface area contributed by atoms with Crippen LogP contribution in [0.3, 0.4) is 0 Å². The van der Waals surface area contributed by atoms with E-state index in [9.17, 15) is 0 Å². The topological polar surface area (TPSA) is 88.1 Å². The van der Waals surface area contributed by atoms with Gasteiger partial charge >= 0.3 is 0 Å². The maximum atomic E-state index is 5.71. The van der Waals surface area contributed by atoms with Crippen molar-refractivity contribution in [2.45, 2.75) is 112 Å². The van der Waals surface area contributed by atoms with Crippen LogP contribution in [0.15, 0.2) is 98.0 Å². The number of hydrogen-bond acceptors (Lipinski definition) is 5. The lowest BCUT2D eigenvalue weighted by Crippen LogP contribution is -2.40. The maximum Gasteiger partial charge on any atom is 0.0788 e. The molecule has 2 atom stereocenters. The van der Waals surface area contributed by atoms with E-state index in [0.29, 0.717) is 6.54 Å². The van der Waals surface area contributed by atoms with Gasteiger partial charge in [0.1, 0.15) is 0 Å². The van der Waals surface area contributed by atoms with Crippen molar-refractivity contribution < 1.29 is 0 Å². The Morgan fingerprint density at radius 3 is 1.90 bits per heavy atom. The van der Waals surface area contributed by atoms with Crippen LogP contribution in [0.2, 0.25) is 0 Å². The van der Waals surface area contributed by atoms with Crippen molar-refractivity contribution in [2.75, 3.05) is 19.6 Å². The summed E-state index contributed by atoms with van der Waals surface area (Å²) in [5.74, 6) is 1.89. The van der Waals surface area contributed by atoms with E-state index in [0.717, 1.165) is 67.0 Å². The van der Waals surface area contributed by atoms with Crippen LogP contribution in [0.1, 0.15) is 104 Å². The molecule has 7 N–H and O–H groups in total. The van der Waals surface area contributed by atoms with Gasteiger partial charge in [0, 0.05) is 23.9 Å². The van der Waals surface area contributed by atoms with Crippen molar-refractivity contribution in [3.8, 4) is 0 Å². The minimum absolute atomic E-state index is 0.162. The molecule has 2 unspecified atom stereocenters. The largest absolute Gasteiger partial charge is 0.405 e. The van der Waals surface area contributed by atoms with Crippen LogP contribution >= 0.6 is 12.2 Å². The van der Waals surface area contributed by atoms with Crippen molar-refractivity contribution in [3.63, 3.8) is 0 Å². The van der Waals surface area contributed by atoms with E-state index in [1.165, 1.54) is 49.4 Å². The van der Waals surface area contributed by atoms with Crippen molar-refractivity contribution in [1.82, 2.24) is 16.0 Å². The first-order valence-corrected chi connectivity index (χ1v) is 18.7. The highest BCUT2D eigenvalue weighted by Crippen LogP contribution is 2.23. The predicted molar refractivity (Wildman–Crippen MR) is 220 cm³/mol. The molecule has 1 saturated carbocycles. The van der Waals surface area contributed by atoms with Gasteiger partial charge in [-0.25, -0.2) is 0 Å². The van der Waals surface area contributed by atoms with Gasteiger partial charge in [-0.2, -0.15) is 0 Å². The lowest BCUT2D eigenvalue weighted by Gasteiger charge is -2.28. The highest BCUT2D eigenvalue weighted by molar-refractivity contribution is 7.80. The molecule has 272 valence electrons. The second-order valence-electron chi connectivity index (χ2n) is 12.9. The van der Waals surface area contributed by atoms with Gasteiger partial charge in [-0.05, 0) is 75.6 Å². The number of nitrogens with two attached hydrogens (primary N) is 2. The number of nitrogens with one attached hydrogen (secondary N) is 3. The van der Waals surface area contributed by atoms with Crippen LogP contribution in [0.4, 0.5) is 0 Å². The van der Waals surface area contributed by atoms with Crippen LogP contribution < -0.4 is 27.4 Å². The maximum absolute atomic E-state index is 5.71. The van der Waals surface area contributed by atoms with Gasteiger partial charge in [0.15, 0.2) is 0 Å². The molecule has 0 amide bonds. The third-order valence-electron chi connectivity index (χ3n) is 7.34. The van der Waals surface area contributed by atoms with Crippen LogP contribution in [-0.4, -0.2) is 30.7 Å². The molecule has 1 fully saturated rings. The zero-order valence-corrected chi connectivity index (χ0v) is 32.6. The molecule has 0 saturated heterocycles. The molecule has 6 heteroatoms. The summed E-state index contributed by atoms with van der Waals surface area (Å²) < 4.78 is 0. The monoisotopic (exact) mass is 680 g/mol. The number of benzene rings is 2. The summed E-state index contributed by atoms with van der Waals surface area (Å²) >= 11 is 5.64. The molecule has 0 spiro atoms. The standard InChI is InChI=1S/C27H44N4S.C7H8.C4H10.C2H5N.C2H6/c1-21(18-24-12-6-4-7-13-24)27(32)30-19-22(2)31-26(16-10-11-17-28)23(3)29-20-25-14-8-5-9-15-25;1-7-5-3-2-4-6-7;1-4(2)3;1-2-3;1-2/h4,6-7,12-13,21,25-26,29,31H,2-3,5,8-11,14-20,28H2,1H3,(H,30,32);2-6H,1H3;4H,1-3H3;2H,1,3H2;1-2H3. The Morgan fingerprint density at radius 2 is 1.42 bits per heavy atom. The Hall–Kier alpha value is -3.09. The number of aryl methyl sites for hydroxylation is 1. The van der Waals surface area contributed by atoms with E-state index in [1.54, 1.807) is 0 Å². The van der Waals surface area contributed by atoms with E-state index in [1.807, 2.05) is 38.1 Å². The van der Waals surface area contributed by atoms with E-state index in [2.05, 4.69) is 112 Å². The number of unbranched alkanes of at least 4 members (excludes halogenated alkanes) is 1. The molecule has 0 aliphatic heterocycles. The number of thiocarbonyl (C=S) groups is 1. The summed E-state index contributed by atoms with van der Waals surface area (Å²) in [6, 6.07) is 20.9. The average Bonchev–Trinajstić information content (AvgIpc) is 3.08. The fourth-order valence-electron chi connectivity index (χ4n) is 4.88. The van der Waals surface area contributed by atoms with E-state index in [-0.39, 0.29) is 12.0 Å². The SMILES string of the molecule is C=C(CNC(=S)C(C)Cc1ccccc1)NC(CCCCN)C(=C)NCC1CCCCC1.C=CN.CC.CC(C)C.Cc1ccccc1. The molecule has 1 aliphatic rings. The average molecular weight is 680 g/mol. The van der Waals surface area contributed by atoms with Crippen LogP contribution in [-0.2, 0) is 6.42 Å². The van der Waals surface area contributed by atoms with Crippen LogP contribution in [0.5, 0.6) is 0 Å². The smallest absolute Gasteiger partial charge is 0.0788 e. The van der Waals surface area contributed by atoms with Gasteiger partial charge in [-0.1, -0.05) is 159 Å². The zero-order valence-electron chi connectivity index (χ0n) is 31.8. The van der Waals surface area contributed by atoms with E-state index < -0.39 is 0 Å². The lowest BCUT2D eigenvalue weighted by atomic mass is 9.89. The van der Waals surface area contributed by atoms with Gasteiger partial charge in [0.2, 0.25) is 0 Å². The van der Waals surface area contributed by atoms with Crippen molar-refractivity contribution >= 4 is 17.2 Å². The van der Waals surface area contributed by atoms with Gasteiger partial charge in [0.05, 0.1) is 17.6 Å². The van der Waals surface area contributed by atoms with Crippen molar-refractivity contribution in [3.05, 3.63) is 109 Å². The Kier molecular flexibility index (Phi) is 31.8. The summed E-state index contributed by atoms with van der Waals surface area (Å²) in [4.78, 5) is 0.880. The number of rotatable bonds is 15. The van der Waals surface area contributed by atoms with Gasteiger partial charge < -0.3 is 27.4 Å². The molecule has 2 aromatic carbocycles. The minimum atomic E-state index is 0.162. The van der Waals surface area contributed by atoms with Crippen molar-refractivity contribution in [2.24, 2.45) is 29.2 Å². The summed E-state index contributed by atoms with van der Waals surface area (Å²) in [7, 11) is 0. The molecule has 3 rings (SSSR count). The van der Waals surface area contributed by atoms with Crippen molar-refractivity contribution in [1.29, 1.82) is 0 Å². The second-order valence-corrected chi connectivity index (χ2v) is 13.4. The molecular weight excluding hydrogens is 607 g/mol. The summed E-state index contributed by atoms with van der Waals surface area (Å²) in [6.07, 6.45) is 12.1. The van der Waals surface area contributed by atoms with Gasteiger partial charge in [-0.15, -0.1) is 0 Å². The quantitative estimate of drug-likeness (QED) is 0.0952. The Morgan fingerprint density at radius 1 is 0.896 bits per heavy atom. The van der Waals surface area contributed by atoms with E-state index >= 15 is 0 Å². The van der Waals surface area contributed by atoms with Crippen LogP contribution in [0, 0.1) is 24.7 Å². The molecule has 1 aliphatic carbocycles. The summed E-state index contributed by atoms with van der Waals surface area (Å²) in [5.41, 5.74) is 15.0. The lowest BCUT2D eigenvalue weighted by molar-refractivity contribution is 0.346. The van der Waals surface area contributed by atoms with E-state index in [4.69, 9.17) is 18.0 Å². The summed E-state index contributed by atoms with van der Waals surface area (Å²) in [5, 5.41) is 10.6. The number of hydrogen-bond donors (Lipinski definition) is 5. The first-order valence-electron chi connectivity index (χ1n) is 18.3. The third-order valence-corrected chi connectivity index (χ3v) is 7.88. The zero-order chi connectivity index (χ0) is 36.6. The fourth-order valence-corrected chi connectivity index (χ4v) is 5.03. The molecule has 2 aromatic rings. The summed E-state index contributed by atoms with van der Waals surface area (Å²) in [6.45, 7) is 28.9. The van der Waals surface area contributed by atoms with Crippen LogP contribution in [0.25, 0.3) is 0 Å². The molecule has 48 heavy (non-hydrogen) atoms. The molecule has 0 radical (unpaired) electrons. The molecule has 0 heterocycles. The highest BCUT2D eigenvalue weighted by Gasteiger charge is 2.17. The molecule has 0 aromatic heterocycles. The predicted octanol–water partition coefficient (Wildman–Crippen LogP) is 9.84. The Bertz CT molecular complexity index is 1050. The van der Waals surface area contributed by atoms with Gasteiger partial charge in [0.25, 0.3) is 0 Å². The third kappa shape index (κ3) is 28.0. The first kappa shape index (κ1) is 47.0. The Balaban J connectivity index is 0. The molecule has 0 bridgehead atoms. The normalized spacial score (nSPS) is 13.1. The molecule has 5 nitrogen and oxygen atoms in total. The van der Waals surface area contributed by atoms with Gasteiger partial charge in [-0.3, -0.25) is 0 Å².